The summed E-state index contributed by atoms with van der Waals surface area (Å²) in [6.45, 7) is 6.36. The highest BCUT2D eigenvalue weighted by molar-refractivity contribution is 5.64. The number of nitrogens with zero attached hydrogens (tertiary/aromatic N) is 6. The van der Waals surface area contributed by atoms with Gasteiger partial charge < -0.3 is 0 Å². The largest absolute Gasteiger partial charge is 0.274 e. The fraction of sp³-hybridized carbons (Fsp3) is 0.320. The second-order valence-corrected chi connectivity index (χ2v) is 9.51. The number of aromatic nitrogens is 6. The number of fused-ring (bicyclic) bond motifs is 5. The lowest BCUT2D eigenvalue weighted by Crippen LogP contribution is -2.38. The maximum atomic E-state index is 14.4. The molecule has 6 nitrogen and oxygen atoms in total. The van der Waals surface area contributed by atoms with Gasteiger partial charge in [0.1, 0.15) is 18.0 Å². The minimum absolute atomic E-state index is 0.137. The van der Waals surface area contributed by atoms with Gasteiger partial charge in [0, 0.05) is 12.4 Å². The van der Waals surface area contributed by atoms with Crippen molar-refractivity contribution in [3.63, 3.8) is 0 Å². The van der Waals surface area contributed by atoms with Crippen molar-refractivity contribution < 1.29 is 8.78 Å². The van der Waals surface area contributed by atoms with Gasteiger partial charge in [-0.1, -0.05) is 19.9 Å². The fourth-order valence-corrected chi connectivity index (χ4v) is 6.00. The Kier molecular flexibility index (Phi) is 4.09. The maximum Gasteiger partial charge on any atom is 0.235 e. The maximum absolute atomic E-state index is 14.4. The van der Waals surface area contributed by atoms with Crippen molar-refractivity contribution in [3.05, 3.63) is 83.3 Å². The number of halogens is 2. The lowest BCUT2D eigenvalue weighted by molar-refractivity contribution is 0.242. The van der Waals surface area contributed by atoms with E-state index in [-0.39, 0.29) is 22.6 Å². The van der Waals surface area contributed by atoms with Crippen LogP contribution in [-0.2, 0) is 5.41 Å². The van der Waals surface area contributed by atoms with E-state index in [1.54, 1.807) is 17.1 Å². The number of benzene rings is 1. The normalized spacial score (nSPS) is 22.5. The first-order valence-electron chi connectivity index (χ1n) is 11.0. The smallest absolute Gasteiger partial charge is 0.235 e. The van der Waals surface area contributed by atoms with Crippen LogP contribution in [-0.4, -0.2) is 29.7 Å². The van der Waals surface area contributed by atoms with Crippen LogP contribution in [0.5, 0.6) is 0 Å². The predicted molar refractivity (Wildman–Crippen MR) is 118 cm³/mol. The Morgan fingerprint density at radius 1 is 1.06 bits per heavy atom. The molecule has 166 valence electrons. The second-order valence-electron chi connectivity index (χ2n) is 9.51. The van der Waals surface area contributed by atoms with E-state index in [2.05, 4.69) is 34.0 Å². The summed E-state index contributed by atoms with van der Waals surface area (Å²) in [5, 5.41) is 8.88. The third-order valence-electron chi connectivity index (χ3n) is 7.62. The van der Waals surface area contributed by atoms with Crippen LogP contribution >= 0.6 is 0 Å². The molecule has 33 heavy (non-hydrogen) atoms. The SMILES string of the molecule is Cc1cn(-c2nccc([C@]34CC[C@@H](c5cc(-c6c(F)cccc6F)nnc53)C4(C)C)n2)cn1. The quantitative estimate of drug-likeness (QED) is 0.449. The van der Waals surface area contributed by atoms with Crippen LogP contribution in [0.3, 0.4) is 0 Å². The van der Waals surface area contributed by atoms with Gasteiger partial charge in [0.05, 0.1) is 33.8 Å². The Labute approximate surface area is 189 Å². The molecule has 1 saturated carbocycles. The van der Waals surface area contributed by atoms with E-state index >= 15 is 0 Å². The molecule has 6 rings (SSSR count). The van der Waals surface area contributed by atoms with Crippen molar-refractivity contribution in [2.75, 3.05) is 0 Å². The number of hydrogen-bond donors (Lipinski definition) is 0. The van der Waals surface area contributed by atoms with Crippen LogP contribution < -0.4 is 0 Å². The third-order valence-corrected chi connectivity index (χ3v) is 7.62. The molecule has 2 atom stereocenters. The van der Waals surface area contributed by atoms with Crippen LogP contribution in [0.4, 0.5) is 8.78 Å². The standard InChI is InChI=1S/C25H22F2N6/c1-14-12-33(13-29-14)23-28-10-8-20(30-23)25-9-7-16(24(25,2)3)15-11-19(31-32-22(15)25)21-17(26)5-4-6-18(21)27/h4-6,8,10-13,16H,7,9H2,1-3H3/t16-,25+/m0/s1. The van der Waals surface area contributed by atoms with Gasteiger partial charge in [0.2, 0.25) is 5.95 Å². The zero-order valence-corrected chi connectivity index (χ0v) is 18.5. The van der Waals surface area contributed by atoms with Crippen molar-refractivity contribution in [3.8, 4) is 17.2 Å². The average Bonchev–Trinajstić information content (AvgIpc) is 3.40. The summed E-state index contributed by atoms with van der Waals surface area (Å²) in [7, 11) is 0. The van der Waals surface area contributed by atoms with E-state index in [4.69, 9.17) is 4.98 Å². The van der Waals surface area contributed by atoms with Crippen LogP contribution in [0.1, 0.15) is 55.3 Å². The highest BCUT2D eigenvalue weighted by Crippen LogP contribution is 2.69. The topological polar surface area (TPSA) is 69.4 Å². The van der Waals surface area contributed by atoms with E-state index in [0.29, 0.717) is 5.95 Å². The molecule has 2 aliphatic rings. The van der Waals surface area contributed by atoms with Gasteiger partial charge in [-0.25, -0.2) is 23.7 Å². The molecule has 0 amide bonds. The van der Waals surface area contributed by atoms with E-state index in [1.165, 1.54) is 18.2 Å². The van der Waals surface area contributed by atoms with Gasteiger partial charge in [-0.05, 0) is 60.9 Å². The zero-order valence-electron chi connectivity index (χ0n) is 18.5. The highest BCUT2D eigenvalue weighted by Gasteiger charge is 2.65. The van der Waals surface area contributed by atoms with E-state index in [0.717, 1.165) is 35.5 Å². The highest BCUT2D eigenvalue weighted by atomic mass is 19.1. The monoisotopic (exact) mass is 444 g/mol. The summed E-state index contributed by atoms with van der Waals surface area (Å²) in [5.41, 5.74) is 3.03. The van der Waals surface area contributed by atoms with Crippen molar-refractivity contribution in [2.24, 2.45) is 5.41 Å². The molecule has 1 aromatic carbocycles. The lowest BCUT2D eigenvalue weighted by atomic mass is 9.66. The van der Waals surface area contributed by atoms with Crippen molar-refractivity contribution in [1.29, 1.82) is 0 Å². The number of rotatable bonds is 3. The molecule has 0 N–H and O–H groups in total. The van der Waals surface area contributed by atoms with Crippen LogP contribution in [0, 0.1) is 24.0 Å². The second kappa shape index (κ2) is 6.73. The first kappa shape index (κ1) is 20.1. The molecule has 4 aromatic rings. The number of aryl methyl sites for hydroxylation is 1. The summed E-state index contributed by atoms with van der Waals surface area (Å²) >= 11 is 0. The first-order valence-corrected chi connectivity index (χ1v) is 11.0. The average molecular weight is 444 g/mol. The first-order chi connectivity index (χ1) is 15.8. The lowest BCUT2D eigenvalue weighted by Gasteiger charge is -2.37. The Balaban J connectivity index is 1.53. The molecular formula is C25H22F2N6. The zero-order chi connectivity index (χ0) is 23.0. The predicted octanol–water partition coefficient (Wildman–Crippen LogP) is 4.91. The molecule has 0 unspecified atom stereocenters. The van der Waals surface area contributed by atoms with Crippen LogP contribution in [0.2, 0.25) is 0 Å². The summed E-state index contributed by atoms with van der Waals surface area (Å²) in [5.74, 6) is -0.548. The number of imidazole rings is 1. The van der Waals surface area contributed by atoms with E-state index < -0.39 is 17.0 Å². The fourth-order valence-electron chi connectivity index (χ4n) is 6.00. The third kappa shape index (κ3) is 2.60. The molecule has 1 fully saturated rings. The Bertz CT molecular complexity index is 1390. The molecule has 0 radical (unpaired) electrons. The molecule has 3 heterocycles. The molecule has 2 bridgehead atoms. The van der Waals surface area contributed by atoms with Crippen molar-refractivity contribution in [1.82, 2.24) is 29.7 Å². The summed E-state index contributed by atoms with van der Waals surface area (Å²) in [6.07, 6.45) is 7.16. The molecule has 0 aliphatic heterocycles. The molecule has 2 aliphatic carbocycles. The minimum Gasteiger partial charge on any atom is -0.274 e. The summed E-state index contributed by atoms with van der Waals surface area (Å²) in [4.78, 5) is 13.7. The Morgan fingerprint density at radius 3 is 2.58 bits per heavy atom. The summed E-state index contributed by atoms with van der Waals surface area (Å²) < 4.78 is 30.7. The molecule has 0 spiro atoms. The number of hydrogen-bond acceptors (Lipinski definition) is 5. The van der Waals surface area contributed by atoms with Gasteiger partial charge in [-0.3, -0.25) is 4.57 Å². The molecule has 3 aromatic heterocycles. The van der Waals surface area contributed by atoms with Gasteiger partial charge in [-0.2, -0.15) is 5.10 Å². The van der Waals surface area contributed by atoms with Gasteiger partial charge >= 0.3 is 0 Å². The Morgan fingerprint density at radius 2 is 1.85 bits per heavy atom. The molecule has 0 saturated heterocycles. The van der Waals surface area contributed by atoms with E-state index in [1.807, 2.05) is 25.3 Å². The minimum atomic E-state index is -0.641. The summed E-state index contributed by atoms with van der Waals surface area (Å²) in [6, 6.07) is 7.59. The van der Waals surface area contributed by atoms with Gasteiger partial charge in [0.25, 0.3) is 0 Å². The molecular weight excluding hydrogens is 422 g/mol. The van der Waals surface area contributed by atoms with Crippen molar-refractivity contribution >= 4 is 0 Å². The van der Waals surface area contributed by atoms with Gasteiger partial charge in [0.15, 0.2) is 0 Å². The molecule has 8 heteroatoms. The Hall–Kier alpha value is -3.55. The van der Waals surface area contributed by atoms with E-state index in [9.17, 15) is 8.78 Å². The van der Waals surface area contributed by atoms with Crippen molar-refractivity contribution in [2.45, 2.75) is 44.9 Å². The van der Waals surface area contributed by atoms with Crippen LogP contribution in [0.15, 0.2) is 49.1 Å². The van der Waals surface area contributed by atoms with Crippen LogP contribution in [0.25, 0.3) is 17.2 Å². The van der Waals surface area contributed by atoms with Gasteiger partial charge in [-0.15, -0.1) is 5.10 Å².